The highest BCUT2D eigenvalue weighted by Gasteiger charge is 2.17. The number of carbonyl (C=O) groups is 2. The van der Waals surface area contributed by atoms with Crippen LogP contribution in [0.4, 0.5) is 0 Å². The number of hydrogen-bond donors (Lipinski definition) is 1. The Kier molecular flexibility index (Phi) is 9.47. The summed E-state index contributed by atoms with van der Waals surface area (Å²) in [7, 11) is -2.96. The van der Waals surface area contributed by atoms with Gasteiger partial charge in [-0.15, -0.1) is 0 Å². The SMILES string of the molecule is CCCCCNC(=O)/C(C)=C(\C)C(=O)O[SiH2]O[Si](C)(C)C. The lowest BCUT2D eigenvalue weighted by Gasteiger charge is -2.17. The predicted octanol–water partition coefficient (Wildman–Crippen LogP) is 2.02. The van der Waals surface area contributed by atoms with E-state index in [-0.39, 0.29) is 5.91 Å². The van der Waals surface area contributed by atoms with Crippen molar-refractivity contribution in [3.63, 3.8) is 0 Å². The second kappa shape index (κ2) is 9.91. The fourth-order valence-corrected chi connectivity index (χ4v) is 3.37. The molecule has 1 amide bonds. The number of carbonyl (C=O) groups excluding carboxylic acids is 2. The Morgan fingerprint density at radius 2 is 1.71 bits per heavy atom. The van der Waals surface area contributed by atoms with Gasteiger partial charge < -0.3 is 13.9 Å². The summed E-state index contributed by atoms with van der Waals surface area (Å²) < 4.78 is 10.8. The molecule has 0 radical (unpaired) electrons. The first-order valence-electron chi connectivity index (χ1n) is 7.45. The maximum Gasteiger partial charge on any atom is 0.359 e. The van der Waals surface area contributed by atoms with Crippen LogP contribution in [-0.2, 0) is 18.1 Å². The minimum Gasteiger partial charge on any atom is -0.497 e. The van der Waals surface area contributed by atoms with Crippen LogP contribution in [0.3, 0.4) is 0 Å². The molecule has 122 valence electrons. The van der Waals surface area contributed by atoms with E-state index in [4.69, 9.17) is 8.54 Å². The van der Waals surface area contributed by atoms with Crippen LogP contribution in [0.2, 0.25) is 19.6 Å². The lowest BCUT2D eigenvalue weighted by molar-refractivity contribution is -0.131. The molecule has 0 saturated carbocycles. The maximum absolute atomic E-state index is 11.9. The first kappa shape index (κ1) is 20.1. The van der Waals surface area contributed by atoms with Crippen LogP contribution in [0, 0.1) is 0 Å². The Balaban J connectivity index is 4.32. The Hall–Kier alpha value is -0.926. The fraction of sp³-hybridized carbons (Fsp3) is 0.714. The van der Waals surface area contributed by atoms with Crippen molar-refractivity contribution in [2.75, 3.05) is 6.54 Å². The van der Waals surface area contributed by atoms with Crippen LogP contribution >= 0.6 is 0 Å². The summed E-state index contributed by atoms with van der Waals surface area (Å²) in [5.41, 5.74) is 0.771. The van der Waals surface area contributed by atoms with Crippen LogP contribution < -0.4 is 5.32 Å². The van der Waals surface area contributed by atoms with Gasteiger partial charge in [0.25, 0.3) is 0 Å². The maximum atomic E-state index is 11.9. The van der Waals surface area contributed by atoms with E-state index in [2.05, 4.69) is 12.2 Å². The minimum atomic E-state index is -1.64. The molecule has 0 saturated heterocycles. The Bertz CT molecular complexity index is 389. The zero-order valence-corrected chi connectivity index (χ0v) is 16.6. The standard InChI is InChI=1S/C14H29NO4Si2/c1-7-8-9-10-15-13(16)11(2)12(3)14(17)18-20-19-21(4,5)6/h7-10,20H2,1-6H3,(H,15,16)/b12-11+. The lowest BCUT2D eigenvalue weighted by Crippen LogP contribution is -2.30. The van der Waals surface area contributed by atoms with E-state index in [9.17, 15) is 9.59 Å². The summed E-state index contributed by atoms with van der Waals surface area (Å²) in [6, 6.07) is 0. The van der Waals surface area contributed by atoms with Crippen LogP contribution in [0.25, 0.3) is 0 Å². The molecule has 0 heterocycles. The van der Waals surface area contributed by atoms with E-state index < -0.39 is 24.3 Å². The summed E-state index contributed by atoms with van der Waals surface area (Å²) >= 11 is 0. The van der Waals surface area contributed by atoms with Gasteiger partial charge >= 0.3 is 16.0 Å². The summed E-state index contributed by atoms with van der Waals surface area (Å²) in [5.74, 6) is -0.644. The van der Waals surface area contributed by atoms with Crippen molar-refractivity contribution in [3.8, 4) is 0 Å². The minimum absolute atomic E-state index is 0.201. The molecule has 0 aliphatic rings. The molecule has 21 heavy (non-hydrogen) atoms. The van der Waals surface area contributed by atoms with Crippen LogP contribution in [0.1, 0.15) is 40.0 Å². The molecule has 5 nitrogen and oxygen atoms in total. The Labute approximate surface area is 131 Å². The van der Waals surface area contributed by atoms with Crippen molar-refractivity contribution in [2.45, 2.75) is 59.7 Å². The van der Waals surface area contributed by atoms with Gasteiger partial charge in [0.1, 0.15) is 0 Å². The third-order valence-corrected chi connectivity index (χ3v) is 7.27. The highest BCUT2D eigenvalue weighted by molar-refractivity contribution is 6.73. The smallest absolute Gasteiger partial charge is 0.359 e. The molecule has 0 rings (SSSR count). The van der Waals surface area contributed by atoms with E-state index in [1.165, 1.54) is 0 Å². The summed E-state index contributed by atoms with van der Waals surface area (Å²) in [6.07, 6.45) is 3.15. The second-order valence-electron chi connectivity index (χ2n) is 6.02. The second-order valence-corrected chi connectivity index (χ2v) is 11.9. The zero-order chi connectivity index (χ0) is 16.5. The highest BCUT2D eigenvalue weighted by Crippen LogP contribution is 2.07. The average molecular weight is 332 g/mol. The molecule has 0 bridgehead atoms. The molecule has 1 N–H and O–H groups in total. The molecule has 0 aromatic carbocycles. The van der Waals surface area contributed by atoms with Crippen molar-refractivity contribution >= 4 is 30.2 Å². The summed E-state index contributed by atoms with van der Waals surface area (Å²) in [5, 5.41) is 2.82. The molecule has 0 aromatic heterocycles. The Morgan fingerprint density at radius 1 is 1.10 bits per heavy atom. The molecule has 0 atom stereocenters. The van der Waals surface area contributed by atoms with Gasteiger partial charge in [-0.05, 0) is 39.9 Å². The number of nitrogens with one attached hydrogen (secondary N) is 1. The normalized spacial score (nSPS) is 13.2. The Morgan fingerprint density at radius 3 is 2.24 bits per heavy atom. The van der Waals surface area contributed by atoms with E-state index in [0.717, 1.165) is 19.3 Å². The molecule has 7 heteroatoms. The third kappa shape index (κ3) is 9.59. The van der Waals surface area contributed by atoms with Gasteiger partial charge in [-0.2, -0.15) is 0 Å². The van der Waals surface area contributed by atoms with Crippen LogP contribution in [-0.4, -0.2) is 36.7 Å². The molecule has 0 fully saturated rings. The van der Waals surface area contributed by atoms with Crippen molar-refractivity contribution in [1.29, 1.82) is 0 Å². The van der Waals surface area contributed by atoms with Gasteiger partial charge in [0.15, 0.2) is 8.32 Å². The quantitative estimate of drug-likeness (QED) is 0.399. The molecule has 0 aromatic rings. The first-order chi connectivity index (χ1) is 9.69. The van der Waals surface area contributed by atoms with Crippen LogP contribution in [0.15, 0.2) is 11.1 Å². The van der Waals surface area contributed by atoms with E-state index in [1.807, 2.05) is 19.6 Å². The van der Waals surface area contributed by atoms with Gasteiger partial charge in [-0.1, -0.05) is 19.8 Å². The number of unbranched alkanes of at least 4 members (excludes halogenated alkanes) is 2. The molecule has 0 aliphatic carbocycles. The molecule has 0 unspecified atom stereocenters. The monoisotopic (exact) mass is 331 g/mol. The average Bonchev–Trinajstić information content (AvgIpc) is 2.40. The van der Waals surface area contributed by atoms with Gasteiger partial charge in [0.05, 0.1) is 0 Å². The number of rotatable bonds is 9. The predicted molar refractivity (Wildman–Crippen MR) is 90.0 cm³/mol. The topological polar surface area (TPSA) is 64.6 Å². The van der Waals surface area contributed by atoms with Gasteiger partial charge in [0.2, 0.25) is 5.91 Å². The summed E-state index contributed by atoms with van der Waals surface area (Å²) in [4.78, 5) is 23.8. The van der Waals surface area contributed by atoms with Crippen molar-refractivity contribution in [3.05, 3.63) is 11.1 Å². The molecular formula is C14H29NO4Si2. The van der Waals surface area contributed by atoms with Gasteiger partial charge in [-0.3, -0.25) is 4.79 Å². The van der Waals surface area contributed by atoms with Crippen molar-refractivity contribution in [1.82, 2.24) is 5.32 Å². The van der Waals surface area contributed by atoms with Gasteiger partial charge in [0, 0.05) is 17.7 Å². The first-order valence-corrected chi connectivity index (χ1v) is 12.0. The zero-order valence-electron chi connectivity index (χ0n) is 14.2. The van der Waals surface area contributed by atoms with Crippen LogP contribution in [0.5, 0.6) is 0 Å². The van der Waals surface area contributed by atoms with E-state index in [1.54, 1.807) is 13.8 Å². The largest absolute Gasteiger partial charge is 0.497 e. The number of hydrogen-bond acceptors (Lipinski definition) is 4. The van der Waals surface area contributed by atoms with Crippen molar-refractivity contribution < 1.29 is 18.1 Å². The highest BCUT2D eigenvalue weighted by atomic mass is 28.4. The number of amides is 1. The van der Waals surface area contributed by atoms with Crippen molar-refractivity contribution in [2.24, 2.45) is 0 Å². The molecule has 0 aliphatic heterocycles. The van der Waals surface area contributed by atoms with E-state index in [0.29, 0.717) is 17.7 Å². The van der Waals surface area contributed by atoms with E-state index >= 15 is 0 Å². The fourth-order valence-electron chi connectivity index (χ4n) is 1.40. The molecule has 0 spiro atoms. The lowest BCUT2D eigenvalue weighted by atomic mass is 10.1. The summed E-state index contributed by atoms with van der Waals surface area (Å²) in [6.45, 7) is 12.2. The molecular weight excluding hydrogens is 302 g/mol. The van der Waals surface area contributed by atoms with Gasteiger partial charge in [-0.25, -0.2) is 4.79 Å². The third-order valence-electron chi connectivity index (χ3n) is 2.96.